The molecule has 1 N–H and O–H groups in total. The lowest BCUT2D eigenvalue weighted by Crippen LogP contribution is -2.36. The third-order valence-corrected chi connectivity index (χ3v) is 5.27. The van der Waals surface area contributed by atoms with Gasteiger partial charge in [0, 0.05) is 24.5 Å². The average Bonchev–Trinajstić information content (AvgIpc) is 2.62. The smallest absolute Gasteiger partial charge is 0.233 e. The van der Waals surface area contributed by atoms with Crippen molar-refractivity contribution in [1.82, 2.24) is 20.2 Å². The molecule has 0 radical (unpaired) electrons. The van der Waals surface area contributed by atoms with Crippen molar-refractivity contribution < 1.29 is 9.53 Å². The fourth-order valence-corrected chi connectivity index (χ4v) is 3.80. The zero-order valence-corrected chi connectivity index (χ0v) is 16.4. The third kappa shape index (κ3) is 4.93. The van der Waals surface area contributed by atoms with Gasteiger partial charge in [-0.2, -0.15) is 0 Å². The number of nitrogens with one attached hydrogen (secondary N) is 1. The molecular weight excluding hydrogens is 348 g/mol. The highest BCUT2D eigenvalue weighted by molar-refractivity contribution is 8.00. The van der Waals surface area contributed by atoms with Crippen LogP contribution < -0.4 is 5.32 Å². The van der Waals surface area contributed by atoms with Gasteiger partial charge in [-0.15, -0.1) is 0 Å². The van der Waals surface area contributed by atoms with E-state index < -0.39 is 0 Å². The van der Waals surface area contributed by atoms with Crippen molar-refractivity contribution in [2.24, 2.45) is 0 Å². The molecule has 0 aliphatic carbocycles. The average molecular weight is 375 g/mol. The Hall–Kier alpha value is -1.70. The number of fused-ring (bicyclic) bond motifs is 1. The summed E-state index contributed by atoms with van der Waals surface area (Å²) >= 11 is 1.49. The SMILES string of the molecule is CC(C)NC(=O)C(C)Sc1nc(CN2CCOCC2)nc2ccccc12. The molecule has 7 heteroatoms. The summed E-state index contributed by atoms with van der Waals surface area (Å²) in [4.78, 5) is 24.1. The Kier molecular flexibility index (Phi) is 6.45. The molecule has 0 saturated carbocycles. The van der Waals surface area contributed by atoms with E-state index in [2.05, 4.69) is 10.2 Å². The van der Waals surface area contributed by atoms with Crippen LogP contribution in [0.15, 0.2) is 29.3 Å². The van der Waals surface area contributed by atoms with E-state index in [9.17, 15) is 4.79 Å². The van der Waals surface area contributed by atoms with E-state index in [1.807, 2.05) is 45.0 Å². The lowest BCUT2D eigenvalue weighted by Gasteiger charge is -2.26. The van der Waals surface area contributed by atoms with E-state index in [1.54, 1.807) is 0 Å². The summed E-state index contributed by atoms with van der Waals surface area (Å²) in [6.45, 7) is 9.85. The van der Waals surface area contributed by atoms with E-state index in [0.29, 0.717) is 6.54 Å². The molecule has 1 aromatic heterocycles. The predicted octanol–water partition coefficient (Wildman–Crippen LogP) is 2.47. The molecule has 26 heavy (non-hydrogen) atoms. The predicted molar refractivity (Wildman–Crippen MR) is 104 cm³/mol. The lowest BCUT2D eigenvalue weighted by atomic mass is 10.2. The van der Waals surface area contributed by atoms with E-state index in [0.717, 1.165) is 48.1 Å². The van der Waals surface area contributed by atoms with Gasteiger partial charge >= 0.3 is 0 Å². The molecule has 2 aromatic rings. The fraction of sp³-hybridized carbons (Fsp3) is 0.526. The molecule has 3 rings (SSSR count). The minimum Gasteiger partial charge on any atom is -0.379 e. The Bertz CT molecular complexity index is 762. The summed E-state index contributed by atoms with van der Waals surface area (Å²) in [6.07, 6.45) is 0. The minimum atomic E-state index is -0.216. The topological polar surface area (TPSA) is 67.4 Å². The lowest BCUT2D eigenvalue weighted by molar-refractivity contribution is -0.120. The van der Waals surface area contributed by atoms with Crippen molar-refractivity contribution in [2.45, 2.75) is 43.6 Å². The summed E-state index contributed by atoms with van der Waals surface area (Å²) in [7, 11) is 0. The van der Waals surface area contributed by atoms with Gasteiger partial charge in [0.15, 0.2) is 0 Å². The Morgan fingerprint density at radius 1 is 1.23 bits per heavy atom. The van der Waals surface area contributed by atoms with Crippen LogP contribution in [0.25, 0.3) is 10.9 Å². The minimum absolute atomic E-state index is 0.0300. The van der Waals surface area contributed by atoms with Crippen LogP contribution in [0.1, 0.15) is 26.6 Å². The molecule has 1 unspecified atom stereocenters. The largest absolute Gasteiger partial charge is 0.379 e. The summed E-state index contributed by atoms with van der Waals surface area (Å²) < 4.78 is 5.41. The fourth-order valence-electron chi connectivity index (χ4n) is 2.84. The molecule has 1 saturated heterocycles. The van der Waals surface area contributed by atoms with Crippen molar-refractivity contribution in [3.8, 4) is 0 Å². The number of aromatic nitrogens is 2. The van der Waals surface area contributed by atoms with Crippen molar-refractivity contribution >= 4 is 28.6 Å². The van der Waals surface area contributed by atoms with Crippen LogP contribution in [0.4, 0.5) is 0 Å². The maximum absolute atomic E-state index is 12.3. The van der Waals surface area contributed by atoms with Crippen LogP contribution >= 0.6 is 11.8 Å². The first-order valence-electron chi connectivity index (χ1n) is 9.05. The second kappa shape index (κ2) is 8.79. The molecule has 1 aliphatic heterocycles. The molecular formula is C19H26N4O2S. The number of carbonyl (C=O) groups excluding carboxylic acids is 1. The second-order valence-electron chi connectivity index (χ2n) is 6.77. The quantitative estimate of drug-likeness (QED) is 0.619. The summed E-state index contributed by atoms with van der Waals surface area (Å²) in [5.74, 6) is 0.826. The number of thioether (sulfide) groups is 1. The van der Waals surface area contributed by atoms with E-state index >= 15 is 0 Å². The van der Waals surface area contributed by atoms with Gasteiger partial charge in [-0.1, -0.05) is 30.0 Å². The van der Waals surface area contributed by atoms with Gasteiger partial charge in [-0.3, -0.25) is 9.69 Å². The number of rotatable bonds is 6. The highest BCUT2D eigenvalue weighted by atomic mass is 32.2. The first kappa shape index (κ1) is 19.1. The Morgan fingerprint density at radius 2 is 1.96 bits per heavy atom. The summed E-state index contributed by atoms with van der Waals surface area (Å²) in [6, 6.07) is 8.11. The van der Waals surface area contributed by atoms with Crippen LogP contribution in [0.2, 0.25) is 0 Å². The third-order valence-electron chi connectivity index (χ3n) is 4.17. The number of nitrogens with zero attached hydrogens (tertiary/aromatic N) is 3. The molecule has 140 valence electrons. The molecule has 1 aliphatic rings. The van der Waals surface area contributed by atoms with Crippen LogP contribution in [0.3, 0.4) is 0 Å². The summed E-state index contributed by atoms with van der Waals surface area (Å²) in [5, 5.41) is 4.61. The number of ether oxygens (including phenoxy) is 1. The highest BCUT2D eigenvalue weighted by Gasteiger charge is 2.19. The molecule has 0 bridgehead atoms. The van der Waals surface area contributed by atoms with Crippen molar-refractivity contribution in [3.63, 3.8) is 0 Å². The number of benzene rings is 1. The number of amides is 1. The molecule has 2 heterocycles. The van der Waals surface area contributed by atoms with Gasteiger partial charge in [-0.25, -0.2) is 9.97 Å². The van der Waals surface area contributed by atoms with Gasteiger partial charge < -0.3 is 10.1 Å². The standard InChI is InChI=1S/C19H26N4O2S/c1-13(2)20-18(24)14(3)26-19-15-6-4-5-7-16(15)21-17(22-19)12-23-8-10-25-11-9-23/h4-7,13-14H,8-12H2,1-3H3,(H,20,24). The van der Waals surface area contributed by atoms with Crippen molar-refractivity contribution in [1.29, 1.82) is 0 Å². The van der Waals surface area contributed by atoms with E-state index in [1.165, 1.54) is 11.8 Å². The molecule has 6 nitrogen and oxygen atoms in total. The zero-order chi connectivity index (χ0) is 18.5. The van der Waals surface area contributed by atoms with Crippen LogP contribution in [-0.2, 0) is 16.1 Å². The maximum Gasteiger partial charge on any atom is 0.233 e. The second-order valence-corrected chi connectivity index (χ2v) is 8.10. The molecule has 1 atom stereocenters. The number of hydrogen-bond donors (Lipinski definition) is 1. The first-order chi connectivity index (χ1) is 12.5. The Morgan fingerprint density at radius 3 is 2.69 bits per heavy atom. The molecule has 1 amide bonds. The van der Waals surface area contributed by atoms with Crippen LogP contribution in [-0.4, -0.2) is 58.4 Å². The highest BCUT2D eigenvalue weighted by Crippen LogP contribution is 2.29. The van der Waals surface area contributed by atoms with Gasteiger partial charge in [0.25, 0.3) is 0 Å². The van der Waals surface area contributed by atoms with Crippen molar-refractivity contribution in [2.75, 3.05) is 26.3 Å². The van der Waals surface area contributed by atoms with Crippen molar-refractivity contribution in [3.05, 3.63) is 30.1 Å². The van der Waals surface area contributed by atoms with Crippen LogP contribution in [0.5, 0.6) is 0 Å². The molecule has 1 aromatic carbocycles. The molecule has 1 fully saturated rings. The number of morpholine rings is 1. The van der Waals surface area contributed by atoms with Gasteiger partial charge in [0.1, 0.15) is 10.9 Å². The number of carbonyl (C=O) groups is 1. The maximum atomic E-state index is 12.3. The monoisotopic (exact) mass is 374 g/mol. The van der Waals surface area contributed by atoms with Gasteiger partial charge in [-0.05, 0) is 26.8 Å². The van der Waals surface area contributed by atoms with E-state index in [-0.39, 0.29) is 17.2 Å². The Balaban J connectivity index is 1.83. The summed E-state index contributed by atoms with van der Waals surface area (Å²) in [5.41, 5.74) is 0.921. The number of para-hydroxylation sites is 1. The van der Waals surface area contributed by atoms with Crippen LogP contribution in [0, 0.1) is 0 Å². The van der Waals surface area contributed by atoms with Gasteiger partial charge in [0.2, 0.25) is 5.91 Å². The van der Waals surface area contributed by atoms with E-state index in [4.69, 9.17) is 14.7 Å². The van der Waals surface area contributed by atoms with Gasteiger partial charge in [0.05, 0.1) is 30.5 Å². The zero-order valence-electron chi connectivity index (χ0n) is 15.6. The normalized spacial score (nSPS) is 16.8. The first-order valence-corrected chi connectivity index (χ1v) is 9.93. The Labute approximate surface area is 158 Å². The molecule has 0 spiro atoms. The number of hydrogen-bond acceptors (Lipinski definition) is 6.